The molecule has 0 bridgehead atoms. The number of para-hydroxylation sites is 3. The van der Waals surface area contributed by atoms with Crippen LogP contribution in [0.2, 0.25) is 0 Å². The number of ether oxygens (including phenoxy) is 2. The van der Waals surface area contributed by atoms with Crippen molar-refractivity contribution in [3.05, 3.63) is 70.1 Å². The number of rotatable bonds is 7. The number of carbonyl (C=O) groups is 1. The summed E-state index contributed by atoms with van der Waals surface area (Å²) in [5.41, 5.74) is 3.58. The fourth-order valence-corrected chi connectivity index (χ4v) is 5.84. The van der Waals surface area contributed by atoms with Gasteiger partial charge in [-0.05, 0) is 67.3 Å². The molecule has 1 aliphatic carbocycles. The molecule has 0 spiro atoms. The summed E-state index contributed by atoms with van der Waals surface area (Å²) in [6, 6.07) is 15.3. The van der Waals surface area contributed by atoms with Gasteiger partial charge in [0.15, 0.2) is 0 Å². The zero-order valence-corrected chi connectivity index (χ0v) is 22.0. The van der Waals surface area contributed by atoms with E-state index in [1.807, 2.05) is 61.7 Å². The van der Waals surface area contributed by atoms with Crippen molar-refractivity contribution in [3.63, 3.8) is 0 Å². The van der Waals surface area contributed by atoms with Crippen LogP contribution in [0.15, 0.2) is 53.5 Å². The molecule has 0 saturated heterocycles. The van der Waals surface area contributed by atoms with E-state index in [-0.39, 0.29) is 11.3 Å². The van der Waals surface area contributed by atoms with Crippen molar-refractivity contribution in [1.82, 2.24) is 0 Å². The van der Waals surface area contributed by atoms with Gasteiger partial charge >= 0.3 is 0 Å². The van der Waals surface area contributed by atoms with E-state index in [9.17, 15) is 4.79 Å². The second-order valence-electron chi connectivity index (χ2n) is 9.87. The Kier molecular flexibility index (Phi) is 7.60. The van der Waals surface area contributed by atoms with Gasteiger partial charge in [0.2, 0.25) is 0 Å². The first kappa shape index (κ1) is 25.0. The van der Waals surface area contributed by atoms with Crippen LogP contribution in [-0.4, -0.2) is 25.8 Å². The number of nitrogens with one attached hydrogen (secondary N) is 1. The van der Waals surface area contributed by atoms with Gasteiger partial charge in [-0.2, -0.15) is 0 Å². The molecule has 1 amide bonds. The maximum Gasteiger partial charge on any atom is 0.259 e. The lowest BCUT2D eigenvalue weighted by molar-refractivity contribution is 0.102. The van der Waals surface area contributed by atoms with Crippen LogP contribution in [0.4, 0.5) is 10.7 Å². The lowest BCUT2D eigenvalue weighted by atomic mass is 9.72. The van der Waals surface area contributed by atoms with E-state index in [0.29, 0.717) is 29.5 Å². The van der Waals surface area contributed by atoms with Crippen molar-refractivity contribution in [2.75, 3.05) is 19.0 Å². The van der Waals surface area contributed by atoms with E-state index in [0.717, 1.165) is 41.1 Å². The third-order valence-electron chi connectivity index (χ3n) is 6.59. The molecule has 184 valence electrons. The molecule has 4 rings (SSSR count). The Hall–Kier alpha value is -3.12. The Balaban J connectivity index is 1.73. The molecule has 5 nitrogen and oxygen atoms in total. The molecule has 3 aromatic rings. The number of nitrogens with zero attached hydrogens (tertiary/aromatic N) is 1. The van der Waals surface area contributed by atoms with Crippen molar-refractivity contribution < 1.29 is 14.3 Å². The summed E-state index contributed by atoms with van der Waals surface area (Å²) in [7, 11) is 1.61. The van der Waals surface area contributed by atoms with E-state index in [1.54, 1.807) is 18.4 Å². The standard InChI is InChI=1S/C29H34N2O3S/c1-6-34-23-13-9-7-11-19(23)18-30-28-26(27(32)31-22-12-8-10-14-24(22)33-5)21-16-15-20(29(2,3)4)17-25(21)35-28/h7-14,18,20H,6,15-17H2,1-5H3,(H,31,32)/b30-18+. The monoisotopic (exact) mass is 490 g/mol. The number of carbonyl (C=O) groups excluding carboxylic acids is 1. The van der Waals surface area contributed by atoms with Crippen LogP contribution in [0.1, 0.15) is 60.5 Å². The van der Waals surface area contributed by atoms with Crippen molar-refractivity contribution in [2.24, 2.45) is 16.3 Å². The molecule has 1 atom stereocenters. The molecule has 1 unspecified atom stereocenters. The molecule has 0 saturated carbocycles. The summed E-state index contributed by atoms with van der Waals surface area (Å²) < 4.78 is 11.2. The van der Waals surface area contributed by atoms with Crippen molar-refractivity contribution in [3.8, 4) is 11.5 Å². The number of hydrogen-bond donors (Lipinski definition) is 1. The second kappa shape index (κ2) is 10.6. The summed E-state index contributed by atoms with van der Waals surface area (Å²) in [5.74, 6) is 1.85. The molecule has 1 N–H and O–H groups in total. The average molecular weight is 491 g/mol. The minimum absolute atomic E-state index is 0.147. The normalized spacial score (nSPS) is 15.6. The number of hydrogen-bond acceptors (Lipinski definition) is 5. The summed E-state index contributed by atoms with van der Waals surface area (Å²) in [6.45, 7) is 9.45. The van der Waals surface area contributed by atoms with Crippen LogP contribution in [-0.2, 0) is 12.8 Å². The topological polar surface area (TPSA) is 59.9 Å². The number of thiophene rings is 1. The molecule has 35 heavy (non-hydrogen) atoms. The number of aliphatic imine (C=N–C) groups is 1. The van der Waals surface area contributed by atoms with Crippen molar-refractivity contribution in [1.29, 1.82) is 0 Å². The van der Waals surface area contributed by atoms with Crippen molar-refractivity contribution >= 4 is 34.1 Å². The number of amides is 1. The number of benzene rings is 2. The fourth-order valence-electron chi connectivity index (χ4n) is 4.57. The highest BCUT2D eigenvalue weighted by molar-refractivity contribution is 7.16. The van der Waals surface area contributed by atoms with Gasteiger partial charge in [-0.25, -0.2) is 4.99 Å². The lowest BCUT2D eigenvalue weighted by Crippen LogP contribution is -2.27. The maximum atomic E-state index is 13.6. The van der Waals surface area contributed by atoms with Gasteiger partial charge in [-0.1, -0.05) is 45.0 Å². The van der Waals surface area contributed by atoms with Gasteiger partial charge in [0, 0.05) is 16.7 Å². The first-order valence-electron chi connectivity index (χ1n) is 12.2. The third-order valence-corrected chi connectivity index (χ3v) is 7.76. The average Bonchev–Trinajstić information content (AvgIpc) is 3.21. The Morgan fingerprint density at radius 3 is 2.57 bits per heavy atom. The van der Waals surface area contributed by atoms with Crippen LogP contribution >= 0.6 is 11.3 Å². The minimum Gasteiger partial charge on any atom is -0.495 e. The molecule has 6 heteroatoms. The lowest BCUT2D eigenvalue weighted by Gasteiger charge is -2.33. The molecular weight excluding hydrogens is 456 g/mol. The first-order valence-corrected chi connectivity index (χ1v) is 13.0. The molecule has 1 heterocycles. The zero-order chi connectivity index (χ0) is 25.0. The smallest absolute Gasteiger partial charge is 0.259 e. The molecule has 0 fully saturated rings. The number of methoxy groups -OCH3 is 1. The fraction of sp³-hybridized carbons (Fsp3) is 0.379. The Bertz CT molecular complexity index is 1220. The van der Waals surface area contributed by atoms with Crippen LogP contribution in [0.5, 0.6) is 11.5 Å². The molecular formula is C29H34N2O3S. The molecule has 1 aromatic heterocycles. The highest BCUT2D eigenvalue weighted by Gasteiger charge is 2.33. The highest BCUT2D eigenvalue weighted by Crippen LogP contribution is 2.45. The molecule has 2 aromatic carbocycles. The summed E-state index contributed by atoms with van der Waals surface area (Å²) in [6.07, 6.45) is 4.74. The molecule has 1 aliphatic rings. The Morgan fingerprint density at radius 1 is 1.14 bits per heavy atom. The van der Waals surface area contributed by atoms with Gasteiger partial charge in [-0.15, -0.1) is 11.3 Å². The molecule has 0 aliphatic heterocycles. The quantitative estimate of drug-likeness (QED) is 0.353. The van der Waals surface area contributed by atoms with Crippen LogP contribution in [0.25, 0.3) is 0 Å². The summed E-state index contributed by atoms with van der Waals surface area (Å²) in [4.78, 5) is 19.7. The van der Waals surface area contributed by atoms with Gasteiger partial charge in [0.05, 0.1) is 25.0 Å². The largest absolute Gasteiger partial charge is 0.495 e. The molecule has 0 radical (unpaired) electrons. The van der Waals surface area contributed by atoms with Gasteiger partial charge < -0.3 is 14.8 Å². The second-order valence-corrected chi connectivity index (χ2v) is 11.0. The van der Waals surface area contributed by atoms with Gasteiger partial charge in [0.1, 0.15) is 16.5 Å². The highest BCUT2D eigenvalue weighted by atomic mass is 32.1. The minimum atomic E-state index is -0.147. The zero-order valence-electron chi connectivity index (χ0n) is 21.2. The Labute approximate surface area is 212 Å². The first-order chi connectivity index (χ1) is 16.8. The number of fused-ring (bicyclic) bond motifs is 1. The predicted octanol–water partition coefficient (Wildman–Crippen LogP) is 7.31. The summed E-state index contributed by atoms with van der Waals surface area (Å²) >= 11 is 1.64. The van der Waals surface area contributed by atoms with E-state index in [4.69, 9.17) is 14.5 Å². The third kappa shape index (κ3) is 5.59. The SMILES string of the molecule is CCOc1ccccc1/C=N/c1sc2c(c1C(=O)Nc1ccccc1OC)CCC(C(C)(C)C)C2. The van der Waals surface area contributed by atoms with Gasteiger partial charge in [-0.3, -0.25) is 4.79 Å². The summed E-state index contributed by atoms with van der Waals surface area (Å²) in [5, 5.41) is 3.81. The number of anilines is 1. The van der Waals surface area contributed by atoms with E-state index >= 15 is 0 Å². The van der Waals surface area contributed by atoms with Crippen LogP contribution < -0.4 is 14.8 Å². The van der Waals surface area contributed by atoms with E-state index in [1.165, 1.54) is 4.88 Å². The predicted molar refractivity (Wildman–Crippen MR) is 145 cm³/mol. The van der Waals surface area contributed by atoms with Crippen LogP contribution in [0.3, 0.4) is 0 Å². The van der Waals surface area contributed by atoms with Crippen molar-refractivity contribution in [2.45, 2.75) is 47.0 Å². The van der Waals surface area contributed by atoms with Crippen LogP contribution in [0, 0.1) is 11.3 Å². The Morgan fingerprint density at radius 2 is 1.86 bits per heavy atom. The maximum absolute atomic E-state index is 13.6. The van der Waals surface area contributed by atoms with E-state index in [2.05, 4.69) is 26.1 Å². The van der Waals surface area contributed by atoms with E-state index < -0.39 is 0 Å². The van der Waals surface area contributed by atoms with Gasteiger partial charge in [0.25, 0.3) is 5.91 Å².